The van der Waals surface area contributed by atoms with Crippen LogP contribution in [0.4, 0.5) is 0 Å². The maximum atomic E-state index is 13.0. The predicted octanol–water partition coefficient (Wildman–Crippen LogP) is 3.02. The molecule has 1 aliphatic heterocycles. The number of sulfonamides is 1. The van der Waals surface area contributed by atoms with Gasteiger partial charge >= 0.3 is 5.97 Å². The molecule has 2 fully saturated rings. The molecule has 1 saturated carbocycles. The van der Waals surface area contributed by atoms with Gasteiger partial charge in [-0.05, 0) is 56.2 Å². The molecule has 1 saturated heterocycles. The maximum absolute atomic E-state index is 13.0. The van der Waals surface area contributed by atoms with E-state index in [2.05, 4.69) is 5.32 Å². The molecule has 1 aromatic rings. The third-order valence-electron chi connectivity index (χ3n) is 6.00. The molecule has 1 N–H and O–H groups in total. The molecule has 1 heterocycles. The number of ether oxygens (including phenoxy) is 1. The van der Waals surface area contributed by atoms with Gasteiger partial charge in [0.15, 0.2) is 6.61 Å². The lowest BCUT2D eigenvalue weighted by Gasteiger charge is -2.26. The standard InChI is InChI=1S/C22H32N2O5S/c1-17-10-11-19(14-20(17)30(27,28)24-12-6-3-7-13-24)22(26)29-16-21(25)23-15-18-8-4-2-5-9-18/h10-11,14,18H,2-9,12-13,15-16H2,1H3,(H,23,25). The Morgan fingerprint density at radius 2 is 1.73 bits per heavy atom. The van der Waals surface area contributed by atoms with E-state index in [1.165, 1.54) is 35.7 Å². The number of carbonyl (C=O) groups excluding carboxylic acids is 2. The number of aryl methyl sites for hydroxylation is 1. The Hall–Kier alpha value is -1.93. The summed E-state index contributed by atoms with van der Waals surface area (Å²) in [6, 6.07) is 4.50. The molecule has 0 aromatic heterocycles. The Morgan fingerprint density at radius 3 is 2.43 bits per heavy atom. The van der Waals surface area contributed by atoms with Crippen LogP contribution in [0.3, 0.4) is 0 Å². The van der Waals surface area contributed by atoms with Crippen LogP contribution in [0.2, 0.25) is 0 Å². The molecule has 2 aliphatic rings. The van der Waals surface area contributed by atoms with E-state index in [0.717, 1.165) is 32.1 Å². The summed E-state index contributed by atoms with van der Waals surface area (Å²) in [6.45, 7) is 2.95. The molecule has 0 bridgehead atoms. The zero-order chi connectivity index (χ0) is 21.6. The van der Waals surface area contributed by atoms with Gasteiger partial charge in [0.05, 0.1) is 10.5 Å². The number of hydrogen-bond acceptors (Lipinski definition) is 5. The summed E-state index contributed by atoms with van der Waals surface area (Å²) in [4.78, 5) is 24.6. The van der Waals surface area contributed by atoms with Crippen molar-refractivity contribution in [3.05, 3.63) is 29.3 Å². The van der Waals surface area contributed by atoms with Crippen molar-refractivity contribution < 1.29 is 22.7 Å². The van der Waals surface area contributed by atoms with Crippen LogP contribution in [0.1, 0.15) is 67.3 Å². The van der Waals surface area contributed by atoms with Crippen LogP contribution in [-0.4, -0.2) is 50.8 Å². The molecule has 3 rings (SSSR count). The molecule has 7 nitrogen and oxygen atoms in total. The van der Waals surface area contributed by atoms with Crippen LogP contribution in [0.15, 0.2) is 23.1 Å². The van der Waals surface area contributed by atoms with Crippen molar-refractivity contribution in [1.82, 2.24) is 9.62 Å². The lowest BCUT2D eigenvalue weighted by molar-refractivity contribution is -0.124. The topological polar surface area (TPSA) is 92.8 Å². The van der Waals surface area contributed by atoms with Gasteiger partial charge in [0, 0.05) is 19.6 Å². The number of carbonyl (C=O) groups is 2. The first-order valence-corrected chi connectivity index (χ1v) is 12.4. The summed E-state index contributed by atoms with van der Waals surface area (Å²) < 4.78 is 32.6. The normalized spacial score (nSPS) is 18.7. The molecule has 30 heavy (non-hydrogen) atoms. The molecule has 0 spiro atoms. The zero-order valence-electron chi connectivity index (χ0n) is 17.7. The minimum Gasteiger partial charge on any atom is -0.452 e. The van der Waals surface area contributed by atoms with Crippen molar-refractivity contribution >= 4 is 21.9 Å². The van der Waals surface area contributed by atoms with Crippen LogP contribution in [-0.2, 0) is 19.6 Å². The first-order chi connectivity index (χ1) is 14.4. The van der Waals surface area contributed by atoms with Crippen molar-refractivity contribution in [2.75, 3.05) is 26.2 Å². The highest BCUT2D eigenvalue weighted by Gasteiger charge is 2.28. The largest absolute Gasteiger partial charge is 0.452 e. The molecule has 1 aliphatic carbocycles. The zero-order valence-corrected chi connectivity index (χ0v) is 18.5. The summed E-state index contributed by atoms with van der Waals surface area (Å²) in [6.07, 6.45) is 8.62. The second-order valence-electron chi connectivity index (χ2n) is 8.33. The summed E-state index contributed by atoms with van der Waals surface area (Å²) >= 11 is 0. The first kappa shape index (κ1) is 22.7. The molecule has 1 amide bonds. The number of hydrogen-bond donors (Lipinski definition) is 1. The van der Waals surface area contributed by atoms with Crippen molar-refractivity contribution in [2.45, 2.75) is 63.2 Å². The van der Waals surface area contributed by atoms with E-state index in [9.17, 15) is 18.0 Å². The fraction of sp³-hybridized carbons (Fsp3) is 0.636. The van der Waals surface area contributed by atoms with Gasteiger partial charge < -0.3 is 10.1 Å². The number of nitrogens with zero attached hydrogens (tertiary/aromatic N) is 1. The smallest absolute Gasteiger partial charge is 0.338 e. The van der Waals surface area contributed by atoms with E-state index in [4.69, 9.17) is 4.74 Å². The Bertz CT molecular complexity index is 856. The molecular weight excluding hydrogens is 404 g/mol. The van der Waals surface area contributed by atoms with Gasteiger partial charge in [0.1, 0.15) is 0 Å². The van der Waals surface area contributed by atoms with E-state index < -0.39 is 16.0 Å². The highest BCUT2D eigenvalue weighted by Crippen LogP contribution is 2.25. The van der Waals surface area contributed by atoms with Gasteiger partial charge in [0.2, 0.25) is 10.0 Å². The molecule has 8 heteroatoms. The molecule has 166 valence electrons. The van der Waals surface area contributed by atoms with Crippen molar-refractivity contribution in [3.63, 3.8) is 0 Å². The third kappa shape index (κ3) is 5.82. The van der Waals surface area contributed by atoms with Gasteiger partial charge in [-0.25, -0.2) is 13.2 Å². The van der Waals surface area contributed by atoms with E-state index >= 15 is 0 Å². The summed E-state index contributed by atoms with van der Waals surface area (Å²) in [5, 5.41) is 2.83. The Morgan fingerprint density at radius 1 is 1.07 bits per heavy atom. The SMILES string of the molecule is Cc1ccc(C(=O)OCC(=O)NCC2CCCCC2)cc1S(=O)(=O)N1CCCCC1. The lowest BCUT2D eigenvalue weighted by Crippen LogP contribution is -2.36. The monoisotopic (exact) mass is 436 g/mol. The minimum absolute atomic E-state index is 0.126. The van der Waals surface area contributed by atoms with E-state index in [0.29, 0.717) is 31.1 Å². The number of piperidine rings is 1. The highest BCUT2D eigenvalue weighted by atomic mass is 32.2. The molecule has 1 aromatic carbocycles. The molecule has 0 unspecified atom stereocenters. The Kier molecular flexibility index (Phi) is 7.88. The maximum Gasteiger partial charge on any atom is 0.338 e. The predicted molar refractivity (Wildman–Crippen MR) is 114 cm³/mol. The van der Waals surface area contributed by atoms with Crippen LogP contribution in [0, 0.1) is 12.8 Å². The average molecular weight is 437 g/mol. The Balaban J connectivity index is 1.58. The van der Waals surface area contributed by atoms with Gasteiger partial charge in [-0.2, -0.15) is 4.31 Å². The van der Waals surface area contributed by atoms with Gasteiger partial charge in [-0.1, -0.05) is 31.7 Å². The molecule has 0 atom stereocenters. The minimum atomic E-state index is -3.65. The van der Waals surface area contributed by atoms with Crippen LogP contribution < -0.4 is 5.32 Å². The summed E-state index contributed by atoms with van der Waals surface area (Å²) in [7, 11) is -3.65. The second kappa shape index (κ2) is 10.4. The van der Waals surface area contributed by atoms with E-state index in [-0.39, 0.29) is 23.0 Å². The fourth-order valence-electron chi connectivity index (χ4n) is 4.16. The number of rotatable bonds is 7. The molecular formula is C22H32N2O5S. The van der Waals surface area contributed by atoms with Crippen molar-refractivity contribution in [1.29, 1.82) is 0 Å². The lowest BCUT2D eigenvalue weighted by atomic mass is 9.89. The Labute approximate surface area is 179 Å². The average Bonchev–Trinajstić information content (AvgIpc) is 2.77. The van der Waals surface area contributed by atoms with Gasteiger partial charge in [-0.3, -0.25) is 4.79 Å². The van der Waals surface area contributed by atoms with E-state index in [1.807, 2.05) is 0 Å². The highest BCUT2D eigenvalue weighted by molar-refractivity contribution is 7.89. The summed E-state index contributed by atoms with van der Waals surface area (Å²) in [5.74, 6) is -0.529. The fourth-order valence-corrected chi connectivity index (χ4v) is 5.93. The third-order valence-corrected chi connectivity index (χ3v) is 8.04. The van der Waals surface area contributed by atoms with E-state index in [1.54, 1.807) is 13.0 Å². The van der Waals surface area contributed by atoms with Crippen molar-refractivity contribution in [2.24, 2.45) is 5.92 Å². The van der Waals surface area contributed by atoms with Gasteiger partial charge in [-0.15, -0.1) is 0 Å². The molecule has 0 radical (unpaired) electrons. The number of nitrogens with one attached hydrogen (secondary N) is 1. The van der Waals surface area contributed by atoms with Crippen LogP contribution in [0.25, 0.3) is 0 Å². The van der Waals surface area contributed by atoms with Gasteiger partial charge in [0.25, 0.3) is 5.91 Å². The van der Waals surface area contributed by atoms with Crippen molar-refractivity contribution in [3.8, 4) is 0 Å². The quantitative estimate of drug-likeness (QED) is 0.663. The second-order valence-corrected chi connectivity index (χ2v) is 10.2. The number of esters is 1. The number of amides is 1. The van der Waals surface area contributed by atoms with Crippen LogP contribution >= 0.6 is 0 Å². The first-order valence-electron chi connectivity index (χ1n) is 10.9. The number of benzene rings is 1. The summed E-state index contributed by atoms with van der Waals surface area (Å²) in [5.41, 5.74) is 0.721. The van der Waals surface area contributed by atoms with Crippen LogP contribution in [0.5, 0.6) is 0 Å².